The number of likely N-dealkylation sites (N-methyl/N-ethyl adjacent to an activating group) is 1. The maximum absolute atomic E-state index is 11.5. The zero-order chi connectivity index (χ0) is 10.1. The van der Waals surface area contributed by atoms with E-state index in [-0.39, 0.29) is 12.5 Å². The minimum absolute atomic E-state index is 0.229. The summed E-state index contributed by atoms with van der Waals surface area (Å²) < 4.78 is 10.6. The van der Waals surface area contributed by atoms with E-state index in [2.05, 4.69) is 0 Å². The van der Waals surface area contributed by atoms with Crippen LogP contribution in [0.5, 0.6) is 0 Å². The van der Waals surface area contributed by atoms with Crippen molar-refractivity contribution in [3.8, 4) is 0 Å². The molecule has 0 spiro atoms. The number of rotatable bonds is 2. The third kappa shape index (κ3) is 2.40. The minimum Gasteiger partial charge on any atom is -0.347 e. The van der Waals surface area contributed by atoms with Crippen LogP contribution >= 0.6 is 0 Å². The molecule has 0 aliphatic carbocycles. The molecule has 1 atom stereocenters. The van der Waals surface area contributed by atoms with Crippen LogP contribution in [0.4, 0.5) is 0 Å². The third-order valence-electron chi connectivity index (χ3n) is 1.87. The van der Waals surface area contributed by atoms with Gasteiger partial charge in [0, 0.05) is 7.05 Å². The highest BCUT2D eigenvalue weighted by Crippen LogP contribution is 2.23. The number of ether oxygens (including phenoxy) is 2. The van der Waals surface area contributed by atoms with Crippen molar-refractivity contribution in [2.45, 2.75) is 25.7 Å². The van der Waals surface area contributed by atoms with Gasteiger partial charge >= 0.3 is 0 Å². The zero-order valence-electron chi connectivity index (χ0n) is 8.36. The molecule has 1 fully saturated rings. The summed E-state index contributed by atoms with van der Waals surface area (Å²) in [6.07, 6.45) is -0.556. The van der Waals surface area contributed by atoms with Crippen LogP contribution in [0.1, 0.15) is 13.8 Å². The number of hydroxylamine groups is 2. The van der Waals surface area contributed by atoms with Gasteiger partial charge in [-0.05, 0) is 13.8 Å². The van der Waals surface area contributed by atoms with Crippen LogP contribution in [0.25, 0.3) is 0 Å². The van der Waals surface area contributed by atoms with Crippen LogP contribution in [0, 0.1) is 0 Å². The summed E-state index contributed by atoms with van der Waals surface area (Å²) in [6, 6.07) is 0. The highest BCUT2D eigenvalue weighted by molar-refractivity contribution is 5.80. The molecule has 1 heterocycles. The Labute approximate surface area is 77.5 Å². The van der Waals surface area contributed by atoms with Crippen molar-refractivity contribution >= 4 is 5.91 Å². The van der Waals surface area contributed by atoms with Gasteiger partial charge in [0.15, 0.2) is 11.9 Å². The van der Waals surface area contributed by atoms with E-state index in [1.165, 1.54) is 14.2 Å². The van der Waals surface area contributed by atoms with Gasteiger partial charge in [0.1, 0.15) is 0 Å². The Kier molecular flexibility index (Phi) is 2.90. The first-order valence-corrected chi connectivity index (χ1v) is 4.10. The van der Waals surface area contributed by atoms with E-state index in [0.29, 0.717) is 0 Å². The van der Waals surface area contributed by atoms with Gasteiger partial charge in [-0.15, -0.1) is 0 Å². The van der Waals surface area contributed by atoms with Crippen molar-refractivity contribution in [2.24, 2.45) is 0 Å². The van der Waals surface area contributed by atoms with Crippen LogP contribution in [0.2, 0.25) is 0 Å². The van der Waals surface area contributed by atoms with E-state index in [1.807, 2.05) is 0 Å². The molecule has 0 aromatic rings. The molecule has 0 bridgehead atoms. The van der Waals surface area contributed by atoms with Crippen LogP contribution in [0.3, 0.4) is 0 Å². The zero-order valence-corrected chi connectivity index (χ0v) is 8.36. The Balaban J connectivity index is 2.51. The molecule has 0 unspecified atom stereocenters. The molecule has 0 saturated carbocycles. The predicted molar refractivity (Wildman–Crippen MR) is 44.7 cm³/mol. The molecule has 1 rings (SSSR count). The highest BCUT2D eigenvalue weighted by Gasteiger charge is 2.38. The van der Waals surface area contributed by atoms with Crippen molar-refractivity contribution in [1.82, 2.24) is 5.06 Å². The first-order chi connectivity index (χ1) is 5.96. The SMILES string of the molecule is CON(C)C(=O)[C@@H]1COC(C)(C)O1. The first-order valence-electron chi connectivity index (χ1n) is 4.10. The van der Waals surface area contributed by atoms with Crippen LogP contribution in [-0.4, -0.2) is 43.6 Å². The van der Waals surface area contributed by atoms with E-state index in [1.54, 1.807) is 13.8 Å². The summed E-state index contributed by atoms with van der Waals surface area (Å²) in [4.78, 5) is 16.2. The molecule has 1 amide bonds. The van der Waals surface area contributed by atoms with E-state index < -0.39 is 11.9 Å². The van der Waals surface area contributed by atoms with Crippen molar-refractivity contribution in [3.05, 3.63) is 0 Å². The minimum atomic E-state index is -0.672. The van der Waals surface area contributed by atoms with Crippen molar-refractivity contribution in [3.63, 3.8) is 0 Å². The maximum atomic E-state index is 11.5. The molecule has 0 radical (unpaired) electrons. The largest absolute Gasteiger partial charge is 0.347 e. The standard InChI is InChI=1S/C8H15NO4/c1-8(2)12-5-6(13-8)7(10)9(3)11-4/h6H,5H2,1-4H3/t6-/m0/s1. The molecule has 1 aliphatic heterocycles. The fraction of sp³-hybridized carbons (Fsp3) is 0.875. The van der Waals surface area contributed by atoms with Crippen molar-refractivity contribution in [1.29, 1.82) is 0 Å². The quantitative estimate of drug-likeness (QED) is 0.580. The van der Waals surface area contributed by atoms with Gasteiger partial charge in [-0.1, -0.05) is 0 Å². The van der Waals surface area contributed by atoms with Crippen LogP contribution < -0.4 is 0 Å². The van der Waals surface area contributed by atoms with Crippen LogP contribution in [-0.2, 0) is 19.1 Å². The molecular formula is C8H15NO4. The lowest BCUT2D eigenvalue weighted by molar-refractivity contribution is -0.187. The monoisotopic (exact) mass is 189 g/mol. The Morgan fingerprint density at radius 3 is 2.62 bits per heavy atom. The lowest BCUT2D eigenvalue weighted by Crippen LogP contribution is -2.38. The Morgan fingerprint density at radius 1 is 1.62 bits per heavy atom. The second-order valence-electron chi connectivity index (χ2n) is 3.34. The Bertz CT molecular complexity index is 204. The summed E-state index contributed by atoms with van der Waals surface area (Å²) in [6.45, 7) is 3.82. The number of carbonyl (C=O) groups excluding carboxylic acids is 1. The van der Waals surface area contributed by atoms with Gasteiger partial charge < -0.3 is 9.47 Å². The van der Waals surface area contributed by atoms with Gasteiger partial charge in [0.2, 0.25) is 0 Å². The summed E-state index contributed by atoms with van der Waals surface area (Å²) in [5.74, 6) is -0.900. The molecule has 0 N–H and O–H groups in total. The lowest BCUT2D eigenvalue weighted by atomic mass is 10.3. The lowest BCUT2D eigenvalue weighted by Gasteiger charge is -2.19. The van der Waals surface area contributed by atoms with E-state index >= 15 is 0 Å². The number of hydrogen-bond donors (Lipinski definition) is 0. The van der Waals surface area contributed by atoms with Gasteiger partial charge in [-0.3, -0.25) is 9.63 Å². The van der Waals surface area contributed by atoms with E-state index in [4.69, 9.17) is 14.3 Å². The smallest absolute Gasteiger partial charge is 0.277 e. The molecule has 5 heteroatoms. The summed E-state index contributed by atoms with van der Waals surface area (Å²) in [7, 11) is 2.97. The Hall–Kier alpha value is -0.650. The van der Waals surface area contributed by atoms with Gasteiger partial charge in [-0.25, -0.2) is 5.06 Å². The molecule has 5 nitrogen and oxygen atoms in total. The first kappa shape index (κ1) is 10.4. The third-order valence-corrected chi connectivity index (χ3v) is 1.87. The average molecular weight is 189 g/mol. The molecule has 1 saturated heterocycles. The number of hydrogen-bond acceptors (Lipinski definition) is 4. The summed E-state index contributed by atoms with van der Waals surface area (Å²) >= 11 is 0. The highest BCUT2D eigenvalue weighted by atomic mass is 16.8. The van der Waals surface area contributed by atoms with Gasteiger partial charge in [-0.2, -0.15) is 0 Å². The number of nitrogens with zero attached hydrogens (tertiary/aromatic N) is 1. The number of amides is 1. The number of carbonyl (C=O) groups is 1. The maximum Gasteiger partial charge on any atom is 0.277 e. The normalized spacial score (nSPS) is 26.0. The van der Waals surface area contributed by atoms with Crippen LogP contribution in [0.15, 0.2) is 0 Å². The van der Waals surface area contributed by atoms with Gasteiger partial charge in [0.25, 0.3) is 5.91 Å². The molecular weight excluding hydrogens is 174 g/mol. The molecule has 0 aromatic carbocycles. The predicted octanol–water partition coefficient (Wildman–Crippen LogP) is 0.158. The van der Waals surface area contributed by atoms with E-state index in [0.717, 1.165) is 5.06 Å². The Morgan fingerprint density at radius 2 is 2.23 bits per heavy atom. The second kappa shape index (κ2) is 3.61. The molecule has 1 aliphatic rings. The molecule has 13 heavy (non-hydrogen) atoms. The topological polar surface area (TPSA) is 48.0 Å². The fourth-order valence-electron chi connectivity index (χ4n) is 1.10. The molecule has 0 aromatic heterocycles. The summed E-state index contributed by atoms with van der Waals surface area (Å²) in [5, 5.41) is 1.13. The van der Waals surface area contributed by atoms with E-state index in [9.17, 15) is 4.79 Å². The van der Waals surface area contributed by atoms with Crippen molar-refractivity contribution in [2.75, 3.05) is 20.8 Å². The second-order valence-corrected chi connectivity index (χ2v) is 3.34. The fourth-order valence-corrected chi connectivity index (χ4v) is 1.10. The summed E-state index contributed by atoms with van der Waals surface area (Å²) in [5.41, 5.74) is 0. The van der Waals surface area contributed by atoms with Gasteiger partial charge in [0.05, 0.1) is 13.7 Å². The average Bonchev–Trinajstić information content (AvgIpc) is 2.43. The van der Waals surface area contributed by atoms with Crippen molar-refractivity contribution < 1.29 is 19.1 Å². The molecule has 76 valence electrons.